The fourth-order valence-electron chi connectivity index (χ4n) is 0.990. The second-order valence-electron chi connectivity index (χ2n) is 2.45. The standard InChI is InChI=1S/C9H6ClNO3/c1-14-9(13)8-5(4-11)2-6(12)3-7(8)10/h2-3,12H,1H3. The third kappa shape index (κ3) is 1.78. The number of hydrogen-bond acceptors (Lipinski definition) is 4. The van der Waals surface area contributed by atoms with Crippen molar-refractivity contribution in [3.63, 3.8) is 0 Å². The number of esters is 1. The Morgan fingerprint density at radius 1 is 1.64 bits per heavy atom. The van der Waals surface area contributed by atoms with E-state index in [0.717, 1.165) is 6.07 Å². The first-order chi connectivity index (χ1) is 6.60. The second kappa shape index (κ2) is 3.99. The molecule has 72 valence electrons. The first-order valence-electron chi connectivity index (χ1n) is 3.61. The summed E-state index contributed by atoms with van der Waals surface area (Å²) in [6.07, 6.45) is 0. The largest absolute Gasteiger partial charge is 0.508 e. The van der Waals surface area contributed by atoms with Gasteiger partial charge in [0, 0.05) is 0 Å². The maximum atomic E-state index is 11.2. The predicted octanol–water partition coefficient (Wildman–Crippen LogP) is 1.70. The molecule has 0 aromatic heterocycles. The maximum Gasteiger partial charge on any atom is 0.340 e. The van der Waals surface area contributed by atoms with Crippen LogP contribution in [0.25, 0.3) is 0 Å². The van der Waals surface area contributed by atoms with E-state index in [-0.39, 0.29) is 21.9 Å². The Labute approximate surface area is 85.3 Å². The SMILES string of the molecule is COC(=O)c1c(Cl)cc(O)cc1C#N. The molecule has 0 amide bonds. The monoisotopic (exact) mass is 211 g/mol. The zero-order chi connectivity index (χ0) is 10.7. The summed E-state index contributed by atoms with van der Waals surface area (Å²) >= 11 is 5.68. The number of hydrogen-bond donors (Lipinski definition) is 1. The van der Waals surface area contributed by atoms with Gasteiger partial charge in [-0.3, -0.25) is 0 Å². The van der Waals surface area contributed by atoms with Gasteiger partial charge >= 0.3 is 5.97 Å². The molecule has 0 bridgehead atoms. The van der Waals surface area contributed by atoms with Crippen LogP contribution in [0.3, 0.4) is 0 Å². The topological polar surface area (TPSA) is 70.3 Å². The fourth-order valence-corrected chi connectivity index (χ4v) is 1.28. The number of halogens is 1. The van der Waals surface area contributed by atoms with Gasteiger partial charge in [0.25, 0.3) is 0 Å². The molecule has 14 heavy (non-hydrogen) atoms. The number of carbonyl (C=O) groups excluding carboxylic acids is 1. The van der Waals surface area contributed by atoms with Crippen molar-refractivity contribution in [1.29, 1.82) is 5.26 Å². The molecule has 1 aromatic carbocycles. The molecule has 1 N–H and O–H groups in total. The summed E-state index contributed by atoms with van der Waals surface area (Å²) in [5, 5.41) is 17.8. The average molecular weight is 212 g/mol. The fraction of sp³-hybridized carbons (Fsp3) is 0.111. The van der Waals surface area contributed by atoms with Gasteiger partial charge < -0.3 is 9.84 Å². The Morgan fingerprint density at radius 2 is 2.29 bits per heavy atom. The molecule has 0 fully saturated rings. The van der Waals surface area contributed by atoms with E-state index in [2.05, 4.69) is 4.74 Å². The van der Waals surface area contributed by atoms with E-state index in [1.54, 1.807) is 6.07 Å². The van der Waals surface area contributed by atoms with Crippen LogP contribution in [0, 0.1) is 11.3 Å². The van der Waals surface area contributed by atoms with Crippen molar-refractivity contribution in [3.8, 4) is 11.8 Å². The second-order valence-corrected chi connectivity index (χ2v) is 2.86. The number of methoxy groups -OCH3 is 1. The van der Waals surface area contributed by atoms with Gasteiger partial charge in [0.1, 0.15) is 11.8 Å². The minimum Gasteiger partial charge on any atom is -0.508 e. The van der Waals surface area contributed by atoms with Gasteiger partial charge in [-0.15, -0.1) is 0 Å². The quantitative estimate of drug-likeness (QED) is 0.718. The number of phenolic OH excluding ortho intramolecular Hbond substituents is 1. The smallest absolute Gasteiger partial charge is 0.340 e. The lowest BCUT2D eigenvalue weighted by atomic mass is 10.1. The third-order valence-corrected chi connectivity index (χ3v) is 1.88. The number of carbonyl (C=O) groups is 1. The van der Waals surface area contributed by atoms with Crippen LogP contribution in [0.5, 0.6) is 5.75 Å². The first-order valence-corrected chi connectivity index (χ1v) is 3.99. The van der Waals surface area contributed by atoms with Crippen molar-refractivity contribution in [2.75, 3.05) is 7.11 Å². The number of nitrogens with zero attached hydrogens (tertiary/aromatic N) is 1. The Hall–Kier alpha value is -1.73. The van der Waals surface area contributed by atoms with Crippen LogP contribution < -0.4 is 0 Å². The summed E-state index contributed by atoms with van der Waals surface area (Å²) in [5.41, 5.74) is -0.0451. The van der Waals surface area contributed by atoms with E-state index < -0.39 is 5.97 Å². The van der Waals surface area contributed by atoms with Crippen LogP contribution in [0.4, 0.5) is 0 Å². The summed E-state index contributed by atoms with van der Waals surface area (Å²) in [6, 6.07) is 4.07. The molecule has 0 atom stereocenters. The van der Waals surface area contributed by atoms with Crippen LogP contribution in [-0.2, 0) is 4.74 Å². The van der Waals surface area contributed by atoms with Gasteiger partial charge in [0.05, 0.1) is 23.3 Å². The number of aromatic hydroxyl groups is 1. The highest BCUT2D eigenvalue weighted by molar-refractivity contribution is 6.34. The summed E-state index contributed by atoms with van der Waals surface area (Å²) in [7, 11) is 1.19. The molecule has 0 radical (unpaired) electrons. The van der Waals surface area contributed by atoms with Crippen LogP contribution in [-0.4, -0.2) is 18.2 Å². The van der Waals surface area contributed by atoms with Gasteiger partial charge in [0.15, 0.2) is 0 Å². The van der Waals surface area contributed by atoms with Gasteiger partial charge in [-0.05, 0) is 12.1 Å². The van der Waals surface area contributed by atoms with Gasteiger partial charge in [-0.25, -0.2) is 4.79 Å². The molecule has 5 heteroatoms. The molecule has 0 spiro atoms. The molecule has 0 aliphatic rings. The number of rotatable bonds is 1. The van der Waals surface area contributed by atoms with Crippen molar-refractivity contribution in [2.24, 2.45) is 0 Å². The Bertz CT molecular complexity index is 423. The molecule has 4 nitrogen and oxygen atoms in total. The Balaban J connectivity index is 3.42. The van der Waals surface area contributed by atoms with E-state index in [0.29, 0.717) is 0 Å². The van der Waals surface area contributed by atoms with Crippen molar-refractivity contribution in [2.45, 2.75) is 0 Å². The van der Waals surface area contributed by atoms with Crippen LogP contribution in [0.1, 0.15) is 15.9 Å². The van der Waals surface area contributed by atoms with Crippen molar-refractivity contribution < 1.29 is 14.6 Å². The number of ether oxygens (including phenoxy) is 1. The van der Waals surface area contributed by atoms with Crippen LogP contribution in [0.2, 0.25) is 5.02 Å². The van der Waals surface area contributed by atoms with E-state index in [9.17, 15) is 4.79 Å². The highest BCUT2D eigenvalue weighted by Crippen LogP contribution is 2.26. The molecule has 0 aliphatic heterocycles. The minimum atomic E-state index is -0.702. The normalized spacial score (nSPS) is 9.21. The lowest BCUT2D eigenvalue weighted by Crippen LogP contribution is -2.05. The van der Waals surface area contributed by atoms with E-state index in [1.807, 2.05) is 0 Å². The summed E-state index contributed by atoms with van der Waals surface area (Å²) in [4.78, 5) is 11.2. The molecule has 0 aliphatic carbocycles. The zero-order valence-corrected chi connectivity index (χ0v) is 8.00. The molecule has 0 heterocycles. The van der Waals surface area contributed by atoms with Crippen LogP contribution >= 0.6 is 11.6 Å². The van der Waals surface area contributed by atoms with Crippen molar-refractivity contribution >= 4 is 17.6 Å². The lowest BCUT2D eigenvalue weighted by Gasteiger charge is -2.04. The maximum absolute atomic E-state index is 11.2. The minimum absolute atomic E-state index is 0.00611. The highest BCUT2D eigenvalue weighted by Gasteiger charge is 2.17. The van der Waals surface area contributed by atoms with Crippen molar-refractivity contribution in [3.05, 3.63) is 28.3 Å². The van der Waals surface area contributed by atoms with Crippen LogP contribution in [0.15, 0.2) is 12.1 Å². The number of benzene rings is 1. The van der Waals surface area contributed by atoms with Gasteiger partial charge in [-0.2, -0.15) is 5.26 Å². The van der Waals surface area contributed by atoms with E-state index in [1.165, 1.54) is 13.2 Å². The highest BCUT2D eigenvalue weighted by atomic mass is 35.5. The first kappa shape index (κ1) is 10.4. The lowest BCUT2D eigenvalue weighted by molar-refractivity contribution is 0.0600. The predicted molar refractivity (Wildman–Crippen MR) is 49.2 cm³/mol. The third-order valence-electron chi connectivity index (χ3n) is 1.58. The molecule has 0 unspecified atom stereocenters. The van der Waals surface area contributed by atoms with Crippen molar-refractivity contribution in [1.82, 2.24) is 0 Å². The van der Waals surface area contributed by atoms with Gasteiger partial charge in [0.2, 0.25) is 0 Å². The summed E-state index contributed by atoms with van der Waals surface area (Å²) in [5.74, 6) is -0.870. The molecule has 1 aromatic rings. The molecular weight excluding hydrogens is 206 g/mol. The number of nitriles is 1. The van der Waals surface area contributed by atoms with Gasteiger partial charge in [-0.1, -0.05) is 11.6 Å². The molecule has 0 saturated heterocycles. The molecule has 1 rings (SSSR count). The van der Waals surface area contributed by atoms with E-state index >= 15 is 0 Å². The van der Waals surface area contributed by atoms with E-state index in [4.69, 9.17) is 22.0 Å². The summed E-state index contributed by atoms with van der Waals surface area (Å²) < 4.78 is 4.44. The summed E-state index contributed by atoms with van der Waals surface area (Å²) in [6.45, 7) is 0. The molecule has 0 saturated carbocycles. The zero-order valence-electron chi connectivity index (χ0n) is 7.24. The Morgan fingerprint density at radius 3 is 2.79 bits per heavy atom. The average Bonchev–Trinajstić information content (AvgIpc) is 2.15. The number of phenols is 1. The Kier molecular flexibility index (Phi) is 2.95. The molecular formula is C9H6ClNO3.